The van der Waals surface area contributed by atoms with Gasteiger partial charge in [-0.2, -0.15) is 0 Å². The third-order valence-electron chi connectivity index (χ3n) is 2.48. The Labute approximate surface area is 98.6 Å². The summed E-state index contributed by atoms with van der Waals surface area (Å²) in [5, 5.41) is 13.2. The lowest BCUT2D eigenvalue weighted by molar-refractivity contribution is 0.0341. The van der Waals surface area contributed by atoms with E-state index in [2.05, 4.69) is 10.1 Å². The van der Waals surface area contributed by atoms with Crippen LogP contribution in [-0.2, 0) is 12.1 Å². The van der Waals surface area contributed by atoms with Crippen LogP contribution in [0.1, 0.15) is 12.5 Å². The van der Waals surface area contributed by atoms with E-state index in [1.807, 2.05) is 30.3 Å². The Balaban J connectivity index is 2.27. The summed E-state index contributed by atoms with van der Waals surface area (Å²) in [4.78, 5) is 3.91. The number of hydrogen-bond donors (Lipinski definition) is 2. The van der Waals surface area contributed by atoms with Crippen LogP contribution in [0.3, 0.4) is 0 Å². The SMILES string of the molecule is CC(O)(Cn1[nH]cnc1=S)c1ccccc1. The fraction of sp³-hybridized carbons (Fsp3) is 0.273. The second kappa shape index (κ2) is 4.19. The third-order valence-corrected chi connectivity index (χ3v) is 2.81. The van der Waals surface area contributed by atoms with Crippen molar-refractivity contribution < 1.29 is 5.11 Å². The molecule has 2 rings (SSSR count). The molecule has 0 aliphatic carbocycles. The molecule has 16 heavy (non-hydrogen) atoms. The van der Waals surface area contributed by atoms with Gasteiger partial charge in [0.1, 0.15) is 11.9 Å². The molecule has 0 saturated heterocycles. The molecule has 2 N–H and O–H groups in total. The molecule has 1 atom stereocenters. The molecule has 0 amide bonds. The van der Waals surface area contributed by atoms with Crippen LogP contribution in [-0.4, -0.2) is 19.9 Å². The van der Waals surface area contributed by atoms with E-state index in [0.29, 0.717) is 11.3 Å². The standard InChI is InChI=1S/C11H13N3OS/c1-11(15,9-5-3-2-4-6-9)7-14-10(16)12-8-13-14/h2-6,8,15H,7H2,1H3,(H,12,13,16). The van der Waals surface area contributed by atoms with E-state index >= 15 is 0 Å². The number of nitrogens with zero attached hydrogens (tertiary/aromatic N) is 2. The van der Waals surface area contributed by atoms with Crippen LogP contribution < -0.4 is 0 Å². The maximum absolute atomic E-state index is 10.4. The number of aromatic nitrogens is 3. The second-order valence-electron chi connectivity index (χ2n) is 3.90. The minimum atomic E-state index is -0.966. The van der Waals surface area contributed by atoms with Gasteiger partial charge in [0.05, 0.1) is 6.54 Å². The average Bonchev–Trinajstić information content (AvgIpc) is 2.65. The Morgan fingerprint density at radius 1 is 1.44 bits per heavy atom. The van der Waals surface area contributed by atoms with E-state index in [0.717, 1.165) is 5.56 Å². The van der Waals surface area contributed by atoms with Crippen molar-refractivity contribution in [3.63, 3.8) is 0 Å². The van der Waals surface area contributed by atoms with Crippen molar-refractivity contribution in [3.05, 3.63) is 47.0 Å². The summed E-state index contributed by atoms with van der Waals surface area (Å²) >= 11 is 5.01. The lowest BCUT2D eigenvalue weighted by Crippen LogP contribution is -2.28. The minimum absolute atomic E-state index is 0.357. The monoisotopic (exact) mass is 235 g/mol. The Bertz CT molecular complexity index is 515. The first-order valence-electron chi connectivity index (χ1n) is 4.98. The first kappa shape index (κ1) is 11.0. The molecule has 1 aromatic carbocycles. The summed E-state index contributed by atoms with van der Waals surface area (Å²) in [7, 11) is 0. The lowest BCUT2D eigenvalue weighted by atomic mass is 9.96. The summed E-state index contributed by atoms with van der Waals surface area (Å²) in [6.45, 7) is 2.11. The normalized spacial score (nSPS) is 14.6. The minimum Gasteiger partial charge on any atom is -0.384 e. The predicted molar refractivity (Wildman–Crippen MR) is 63.4 cm³/mol. The number of hydrogen-bond acceptors (Lipinski definition) is 3. The van der Waals surface area contributed by atoms with Crippen molar-refractivity contribution in [3.8, 4) is 0 Å². The quantitative estimate of drug-likeness (QED) is 0.798. The average molecular weight is 235 g/mol. The Kier molecular flexibility index (Phi) is 2.89. The largest absolute Gasteiger partial charge is 0.384 e. The molecule has 84 valence electrons. The molecular formula is C11H13N3OS. The molecule has 5 heteroatoms. The van der Waals surface area contributed by atoms with E-state index in [9.17, 15) is 5.11 Å². The fourth-order valence-electron chi connectivity index (χ4n) is 1.59. The van der Waals surface area contributed by atoms with Crippen LogP contribution in [0.2, 0.25) is 0 Å². The number of aliphatic hydroxyl groups is 1. The highest BCUT2D eigenvalue weighted by Gasteiger charge is 2.23. The first-order chi connectivity index (χ1) is 7.59. The van der Waals surface area contributed by atoms with Gasteiger partial charge >= 0.3 is 0 Å². The summed E-state index contributed by atoms with van der Waals surface area (Å²) in [5.74, 6) is 0. The van der Waals surface area contributed by atoms with Crippen LogP contribution in [0, 0.1) is 4.77 Å². The van der Waals surface area contributed by atoms with Gasteiger partial charge in [0.15, 0.2) is 0 Å². The van der Waals surface area contributed by atoms with Gasteiger partial charge < -0.3 is 5.11 Å². The Hall–Kier alpha value is -1.46. The summed E-state index contributed by atoms with van der Waals surface area (Å²) in [6, 6.07) is 9.49. The number of rotatable bonds is 3. The van der Waals surface area contributed by atoms with Crippen molar-refractivity contribution in [2.24, 2.45) is 0 Å². The molecule has 0 bridgehead atoms. The number of benzene rings is 1. The van der Waals surface area contributed by atoms with E-state index in [1.54, 1.807) is 11.6 Å². The van der Waals surface area contributed by atoms with Crippen molar-refractivity contribution >= 4 is 12.2 Å². The van der Waals surface area contributed by atoms with Gasteiger partial charge in [0.25, 0.3) is 0 Å². The third kappa shape index (κ3) is 2.20. The lowest BCUT2D eigenvalue weighted by Gasteiger charge is -2.23. The smallest absolute Gasteiger partial charge is 0.215 e. The summed E-state index contributed by atoms with van der Waals surface area (Å²) < 4.78 is 2.08. The molecule has 0 aliphatic rings. The van der Waals surface area contributed by atoms with Crippen molar-refractivity contribution in [2.75, 3.05) is 0 Å². The Morgan fingerprint density at radius 2 is 2.12 bits per heavy atom. The highest BCUT2D eigenvalue weighted by molar-refractivity contribution is 7.71. The van der Waals surface area contributed by atoms with Gasteiger partial charge in [-0.15, -0.1) is 0 Å². The van der Waals surface area contributed by atoms with E-state index in [-0.39, 0.29) is 0 Å². The summed E-state index contributed by atoms with van der Waals surface area (Å²) in [6.07, 6.45) is 1.52. The molecule has 0 spiro atoms. The molecule has 1 unspecified atom stereocenters. The van der Waals surface area contributed by atoms with Crippen LogP contribution in [0.25, 0.3) is 0 Å². The molecule has 0 radical (unpaired) electrons. The van der Waals surface area contributed by atoms with Crippen LogP contribution in [0.5, 0.6) is 0 Å². The highest BCUT2D eigenvalue weighted by atomic mass is 32.1. The first-order valence-corrected chi connectivity index (χ1v) is 5.38. The molecule has 0 aliphatic heterocycles. The van der Waals surface area contributed by atoms with Crippen molar-refractivity contribution in [1.82, 2.24) is 14.8 Å². The van der Waals surface area contributed by atoms with E-state index < -0.39 is 5.60 Å². The fourth-order valence-corrected chi connectivity index (χ4v) is 1.76. The van der Waals surface area contributed by atoms with Gasteiger partial charge in [0.2, 0.25) is 4.77 Å². The zero-order valence-electron chi connectivity index (χ0n) is 8.92. The van der Waals surface area contributed by atoms with Crippen LogP contribution in [0.4, 0.5) is 0 Å². The maximum atomic E-state index is 10.4. The van der Waals surface area contributed by atoms with Gasteiger partial charge in [0, 0.05) is 0 Å². The van der Waals surface area contributed by atoms with Gasteiger partial charge in [-0.25, -0.2) is 4.98 Å². The molecule has 4 nitrogen and oxygen atoms in total. The molecule has 1 heterocycles. The number of aromatic amines is 1. The Morgan fingerprint density at radius 3 is 2.69 bits per heavy atom. The summed E-state index contributed by atoms with van der Waals surface area (Å²) in [5.41, 5.74) is -0.113. The van der Waals surface area contributed by atoms with Gasteiger partial charge in [-0.1, -0.05) is 30.3 Å². The predicted octanol–water partition coefficient (Wildman–Crippen LogP) is 1.85. The molecule has 2 aromatic rings. The van der Waals surface area contributed by atoms with Crippen molar-refractivity contribution in [1.29, 1.82) is 0 Å². The maximum Gasteiger partial charge on any atom is 0.215 e. The van der Waals surface area contributed by atoms with E-state index in [1.165, 1.54) is 6.33 Å². The number of H-pyrrole nitrogens is 1. The van der Waals surface area contributed by atoms with Gasteiger partial charge in [-0.3, -0.25) is 9.78 Å². The molecule has 0 saturated carbocycles. The van der Waals surface area contributed by atoms with Gasteiger partial charge in [-0.05, 0) is 24.7 Å². The molecule has 1 aromatic heterocycles. The van der Waals surface area contributed by atoms with Crippen LogP contribution in [0.15, 0.2) is 36.7 Å². The zero-order valence-corrected chi connectivity index (χ0v) is 9.74. The topological polar surface area (TPSA) is 53.8 Å². The second-order valence-corrected chi connectivity index (χ2v) is 4.26. The highest BCUT2D eigenvalue weighted by Crippen LogP contribution is 2.21. The molecule has 0 fully saturated rings. The van der Waals surface area contributed by atoms with Crippen LogP contribution >= 0.6 is 12.2 Å². The number of nitrogens with one attached hydrogen (secondary N) is 1. The molecular weight excluding hydrogens is 222 g/mol. The zero-order chi connectivity index (χ0) is 11.6. The van der Waals surface area contributed by atoms with Crippen molar-refractivity contribution in [2.45, 2.75) is 19.1 Å². The van der Waals surface area contributed by atoms with E-state index in [4.69, 9.17) is 12.2 Å².